The smallest absolute Gasteiger partial charge is 0.191 e. The molecule has 0 radical (unpaired) electrons. The summed E-state index contributed by atoms with van der Waals surface area (Å²) in [5, 5.41) is 6.67. The van der Waals surface area contributed by atoms with Crippen LogP contribution in [0.3, 0.4) is 0 Å². The zero-order chi connectivity index (χ0) is 17.9. The molecule has 1 atom stereocenters. The summed E-state index contributed by atoms with van der Waals surface area (Å²) in [6, 6.07) is 4.33. The summed E-state index contributed by atoms with van der Waals surface area (Å²) < 4.78 is 10.8. The highest BCUT2D eigenvalue weighted by molar-refractivity contribution is 5.79. The van der Waals surface area contributed by atoms with Crippen molar-refractivity contribution in [1.82, 2.24) is 15.5 Å². The Morgan fingerprint density at radius 2 is 2.16 bits per heavy atom. The molecule has 0 amide bonds. The van der Waals surface area contributed by atoms with E-state index in [1.807, 2.05) is 18.2 Å². The molecule has 1 aliphatic rings. The van der Waals surface area contributed by atoms with Gasteiger partial charge in [-0.2, -0.15) is 0 Å². The highest BCUT2D eigenvalue weighted by atomic mass is 16.5. The average molecular weight is 348 g/mol. The molecule has 0 spiro atoms. The van der Waals surface area contributed by atoms with Crippen molar-refractivity contribution in [2.45, 2.75) is 26.3 Å². The lowest BCUT2D eigenvalue weighted by molar-refractivity contribution is 0.00867. The summed E-state index contributed by atoms with van der Waals surface area (Å²) in [4.78, 5) is 7.30. The normalized spacial score (nSPS) is 17.5. The molecule has 2 heterocycles. The van der Waals surface area contributed by atoms with Gasteiger partial charge in [0.2, 0.25) is 0 Å². The minimum Gasteiger partial charge on any atom is -0.469 e. The Balaban J connectivity index is 1.89. The van der Waals surface area contributed by atoms with Gasteiger partial charge in [0.15, 0.2) is 5.96 Å². The van der Waals surface area contributed by atoms with Crippen LogP contribution in [0.4, 0.5) is 0 Å². The van der Waals surface area contributed by atoms with Gasteiger partial charge >= 0.3 is 0 Å². The summed E-state index contributed by atoms with van der Waals surface area (Å²) in [6.07, 6.45) is 4.38. The third-order valence-electron chi connectivity index (χ3n) is 4.38. The van der Waals surface area contributed by atoms with Crippen molar-refractivity contribution in [3.05, 3.63) is 36.8 Å². The summed E-state index contributed by atoms with van der Waals surface area (Å²) in [6.45, 7) is 14.1. The Hall–Kier alpha value is -1.79. The molecule has 0 aromatic carbocycles. The second kappa shape index (κ2) is 10.9. The fraction of sp³-hybridized carbons (Fsp3) is 0.632. The predicted molar refractivity (Wildman–Crippen MR) is 102 cm³/mol. The Morgan fingerprint density at radius 3 is 2.80 bits per heavy atom. The summed E-state index contributed by atoms with van der Waals surface area (Å²) >= 11 is 0. The minimum atomic E-state index is 0.427. The lowest BCUT2D eigenvalue weighted by Gasteiger charge is -2.36. The van der Waals surface area contributed by atoms with Gasteiger partial charge in [0.25, 0.3) is 0 Å². The molecule has 0 aliphatic carbocycles. The molecule has 1 fully saturated rings. The van der Waals surface area contributed by atoms with Crippen molar-refractivity contribution in [2.24, 2.45) is 10.9 Å². The van der Waals surface area contributed by atoms with Gasteiger partial charge in [0, 0.05) is 38.6 Å². The van der Waals surface area contributed by atoms with Crippen LogP contribution >= 0.6 is 0 Å². The maximum Gasteiger partial charge on any atom is 0.191 e. The molecule has 2 rings (SSSR count). The van der Waals surface area contributed by atoms with Crippen LogP contribution in [0.25, 0.3) is 0 Å². The molecule has 1 saturated heterocycles. The second-order valence-electron chi connectivity index (χ2n) is 6.57. The van der Waals surface area contributed by atoms with Crippen molar-refractivity contribution in [3.8, 4) is 0 Å². The first kappa shape index (κ1) is 19.5. The Bertz CT molecular complexity index is 508. The molecule has 1 aliphatic heterocycles. The van der Waals surface area contributed by atoms with E-state index in [0.717, 1.165) is 57.5 Å². The highest BCUT2D eigenvalue weighted by Crippen LogP contribution is 2.13. The first-order chi connectivity index (χ1) is 12.2. The van der Waals surface area contributed by atoms with Crippen LogP contribution in [0, 0.1) is 5.92 Å². The molecule has 1 aromatic rings. The Morgan fingerprint density at radius 1 is 1.36 bits per heavy atom. The van der Waals surface area contributed by atoms with Crippen LogP contribution < -0.4 is 10.6 Å². The minimum absolute atomic E-state index is 0.427. The van der Waals surface area contributed by atoms with Gasteiger partial charge < -0.3 is 19.8 Å². The number of ether oxygens (including phenoxy) is 1. The summed E-state index contributed by atoms with van der Waals surface area (Å²) in [7, 11) is 0. The monoisotopic (exact) mass is 348 g/mol. The molecule has 6 nitrogen and oxygen atoms in total. The van der Waals surface area contributed by atoms with Crippen molar-refractivity contribution in [3.63, 3.8) is 0 Å². The number of guanidine groups is 1. The first-order valence-electron chi connectivity index (χ1n) is 9.18. The molecular weight excluding hydrogens is 316 g/mol. The topological polar surface area (TPSA) is 62.0 Å². The van der Waals surface area contributed by atoms with E-state index in [9.17, 15) is 0 Å². The quantitative estimate of drug-likeness (QED) is 0.405. The highest BCUT2D eigenvalue weighted by Gasteiger charge is 2.23. The van der Waals surface area contributed by atoms with E-state index in [-0.39, 0.29) is 0 Å². The van der Waals surface area contributed by atoms with Gasteiger partial charge in [-0.25, -0.2) is 0 Å². The van der Waals surface area contributed by atoms with Crippen molar-refractivity contribution >= 4 is 5.96 Å². The lowest BCUT2D eigenvalue weighted by Crippen LogP contribution is -2.48. The van der Waals surface area contributed by atoms with E-state index in [4.69, 9.17) is 14.1 Å². The number of rotatable bonds is 9. The number of hydrogen-bond donors (Lipinski definition) is 2. The number of hydrogen-bond acceptors (Lipinski definition) is 4. The third-order valence-corrected chi connectivity index (χ3v) is 4.38. The van der Waals surface area contributed by atoms with Crippen LogP contribution in [0.1, 0.15) is 19.6 Å². The SMILES string of the molecule is C=CCNC(=NCC(C(C)C)N1CCOCC1)NCCc1ccco1. The van der Waals surface area contributed by atoms with Gasteiger partial charge in [-0.3, -0.25) is 9.89 Å². The summed E-state index contributed by atoms with van der Waals surface area (Å²) in [5.74, 6) is 2.35. The summed E-state index contributed by atoms with van der Waals surface area (Å²) in [5.41, 5.74) is 0. The number of nitrogens with one attached hydrogen (secondary N) is 2. The molecule has 1 aromatic heterocycles. The van der Waals surface area contributed by atoms with Crippen molar-refractivity contribution < 1.29 is 9.15 Å². The average Bonchev–Trinajstić information content (AvgIpc) is 3.13. The first-order valence-corrected chi connectivity index (χ1v) is 9.18. The second-order valence-corrected chi connectivity index (χ2v) is 6.57. The fourth-order valence-electron chi connectivity index (χ4n) is 2.94. The predicted octanol–water partition coefficient (Wildman–Crippen LogP) is 1.90. The zero-order valence-electron chi connectivity index (χ0n) is 15.5. The van der Waals surface area contributed by atoms with E-state index in [1.165, 1.54) is 0 Å². The number of nitrogens with zero attached hydrogens (tertiary/aromatic N) is 2. The van der Waals surface area contributed by atoms with E-state index in [0.29, 0.717) is 18.5 Å². The maximum absolute atomic E-state index is 5.47. The van der Waals surface area contributed by atoms with Crippen LogP contribution in [-0.4, -0.2) is 62.8 Å². The number of aliphatic imine (C=N–C) groups is 1. The molecule has 25 heavy (non-hydrogen) atoms. The molecule has 2 N–H and O–H groups in total. The van der Waals surface area contributed by atoms with Crippen LogP contribution in [-0.2, 0) is 11.2 Å². The number of morpholine rings is 1. The zero-order valence-corrected chi connectivity index (χ0v) is 15.5. The number of furan rings is 1. The van der Waals surface area contributed by atoms with E-state index >= 15 is 0 Å². The van der Waals surface area contributed by atoms with E-state index in [1.54, 1.807) is 6.26 Å². The molecule has 1 unspecified atom stereocenters. The van der Waals surface area contributed by atoms with Gasteiger partial charge in [-0.15, -0.1) is 6.58 Å². The standard InChI is InChI=1S/C19H32N4O2/c1-4-8-20-19(21-9-7-17-6-5-12-25-17)22-15-18(16(2)3)23-10-13-24-14-11-23/h4-6,12,16,18H,1,7-11,13-15H2,2-3H3,(H2,20,21,22). The van der Waals surface area contributed by atoms with Crippen molar-refractivity contribution in [1.29, 1.82) is 0 Å². The van der Waals surface area contributed by atoms with Gasteiger partial charge in [0.05, 0.1) is 26.0 Å². The van der Waals surface area contributed by atoms with E-state index < -0.39 is 0 Å². The van der Waals surface area contributed by atoms with Crippen molar-refractivity contribution in [2.75, 3.05) is 45.9 Å². The van der Waals surface area contributed by atoms with Gasteiger partial charge in [-0.05, 0) is 18.1 Å². The van der Waals surface area contributed by atoms with Gasteiger partial charge in [0.1, 0.15) is 5.76 Å². The molecule has 6 heteroatoms. The maximum atomic E-state index is 5.47. The van der Waals surface area contributed by atoms with Crippen LogP contribution in [0.5, 0.6) is 0 Å². The van der Waals surface area contributed by atoms with Gasteiger partial charge in [-0.1, -0.05) is 19.9 Å². The Kier molecular flexibility index (Phi) is 8.55. The van der Waals surface area contributed by atoms with Crippen LogP contribution in [0.15, 0.2) is 40.5 Å². The fourth-order valence-corrected chi connectivity index (χ4v) is 2.94. The molecular formula is C19H32N4O2. The third kappa shape index (κ3) is 6.92. The lowest BCUT2D eigenvalue weighted by atomic mass is 10.0. The van der Waals surface area contributed by atoms with Crippen LogP contribution in [0.2, 0.25) is 0 Å². The molecule has 0 saturated carbocycles. The largest absolute Gasteiger partial charge is 0.469 e. The van der Waals surface area contributed by atoms with E-state index in [2.05, 4.69) is 36.0 Å². The molecule has 0 bridgehead atoms. The Labute approximate surface area is 151 Å². The molecule has 140 valence electrons.